The van der Waals surface area contributed by atoms with Crippen LogP contribution in [0.4, 0.5) is 5.82 Å². The first-order valence-electron chi connectivity index (χ1n) is 8.25. The fourth-order valence-electron chi connectivity index (χ4n) is 2.31. The molecule has 3 aromatic rings. The lowest BCUT2D eigenvalue weighted by molar-refractivity contribution is -0.113. The zero-order chi connectivity index (χ0) is 19.8. The van der Waals surface area contributed by atoms with Gasteiger partial charge >= 0.3 is 0 Å². The van der Waals surface area contributed by atoms with Gasteiger partial charge in [-0.15, -0.1) is 0 Å². The average molecular weight is 361 g/mol. The van der Waals surface area contributed by atoms with Gasteiger partial charge in [-0.05, 0) is 45.0 Å². The second kappa shape index (κ2) is 9.11. The summed E-state index contributed by atoms with van der Waals surface area (Å²) >= 11 is 0. The number of Topliss-reactive ketones (excluding diaryl/α,β-unsaturated/α-hetero) is 1. The number of carbonyl (C=O) groups excluding carboxylic acids is 2. The van der Waals surface area contributed by atoms with E-state index in [4.69, 9.17) is 9.68 Å². The number of amides is 1. The predicted molar refractivity (Wildman–Crippen MR) is 103 cm³/mol. The highest BCUT2D eigenvalue weighted by Gasteiger charge is 2.11. The number of nitrogens with one attached hydrogen (secondary N) is 1. The summed E-state index contributed by atoms with van der Waals surface area (Å²) in [6.07, 6.45) is 3.12. The Hall–Kier alpha value is -3.72. The molecule has 6 heteroatoms. The largest absolute Gasteiger partial charge is 0.461 e. The molecule has 1 aromatic carbocycles. The van der Waals surface area contributed by atoms with Crippen molar-refractivity contribution in [1.29, 1.82) is 5.26 Å². The Morgan fingerprint density at radius 3 is 2.48 bits per heavy atom. The minimum atomic E-state index is -0.181. The molecule has 0 radical (unpaired) electrons. The lowest BCUT2D eigenvalue weighted by atomic mass is 10.2. The Morgan fingerprint density at radius 1 is 1.22 bits per heavy atom. The van der Waals surface area contributed by atoms with Crippen molar-refractivity contribution < 1.29 is 14.0 Å². The van der Waals surface area contributed by atoms with Crippen LogP contribution in [0.25, 0.3) is 11.0 Å². The normalized spacial score (nSPS) is 10.5. The monoisotopic (exact) mass is 361 g/mol. The lowest BCUT2D eigenvalue weighted by Crippen LogP contribution is -2.12. The van der Waals surface area contributed by atoms with Crippen molar-refractivity contribution in [3.63, 3.8) is 0 Å². The van der Waals surface area contributed by atoms with Gasteiger partial charge in [0, 0.05) is 11.8 Å². The van der Waals surface area contributed by atoms with E-state index in [1.807, 2.05) is 31.2 Å². The number of aromatic nitrogens is 1. The highest BCUT2D eigenvalue weighted by Crippen LogP contribution is 2.24. The summed E-state index contributed by atoms with van der Waals surface area (Å²) in [6.45, 7) is 4.90. The number of benzene rings is 1. The Labute approximate surface area is 157 Å². The maximum Gasteiger partial charge on any atom is 0.256 e. The summed E-state index contributed by atoms with van der Waals surface area (Å²) in [7, 11) is 0. The molecule has 0 saturated heterocycles. The van der Waals surface area contributed by atoms with E-state index in [9.17, 15) is 9.59 Å². The molecular weight excluding hydrogens is 342 g/mol. The molecule has 1 N–H and O–H groups in total. The van der Waals surface area contributed by atoms with E-state index in [-0.39, 0.29) is 17.3 Å². The number of hydrogen-bond acceptors (Lipinski definition) is 5. The molecule has 2 heterocycles. The van der Waals surface area contributed by atoms with Crippen LogP contribution in [0.2, 0.25) is 0 Å². The maximum atomic E-state index is 12.1. The van der Waals surface area contributed by atoms with Gasteiger partial charge in [0.15, 0.2) is 5.78 Å². The molecule has 0 aliphatic heterocycles. The third-order valence-electron chi connectivity index (χ3n) is 3.63. The van der Waals surface area contributed by atoms with Crippen molar-refractivity contribution in [3.8, 4) is 6.07 Å². The molecule has 0 atom stereocenters. The maximum absolute atomic E-state index is 12.1. The van der Waals surface area contributed by atoms with Crippen LogP contribution in [0.15, 0.2) is 64.7 Å². The molecule has 27 heavy (non-hydrogen) atoms. The molecule has 0 unspecified atom stereocenters. The Morgan fingerprint density at radius 2 is 1.93 bits per heavy atom. The molecule has 3 rings (SSSR count). The zero-order valence-corrected chi connectivity index (χ0v) is 15.3. The van der Waals surface area contributed by atoms with Crippen LogP contribution < -0.4 is 5.32 Å². The number of nitrogens with zero attached hydrogens (tertiary/aromatic N) is 2. The molecule has 6 nitrogen and oxygen atoms in total. The molecule has 136 valence electrons. The van der Waals surface area contributed by atoms with Crippen molar-refractivity contribution in [2.75, 3.05) is 5.32 Å². The van der Waals surface area contributed by atoms with Gasteiger partial charge in [-0.2, -0.15) is 5.26 Å². The van der Waals surface area contributed by atoms with Gasteiger partial charge in [-0.3, -0.25) is 9.59 Å². The molecule has 0 fully saturated rings. The fourth-order valence-corrected chi connectivity index (χ4v) is 2.31. The van der Waals surface area contributed by atoms with Gasteiger partial charge in [0.05, 0.1) is 11.0 Å². The van der Waals surface area contributed by atoms with Crippen LogP contribution in [0.1, 0.15) is 30.0 Å². The second-order valence-corrected chi connectivity index (χ2v) is 5.62. The third kappa shape index (κ3) is 5.13. The van der Waals surface area contributed by atoms with Crippen LogP contribution in [-0.2, 0) is 4.79 Å². The van der Waals surface area contributed by atoms with Crippen LogP contribution in [0.3, 0.4) is 0 Å². The van der Waals surface area contributed by atoms with Gasteiger partial charge < -0.3 is 9.73 Å². The predicted octanol–water partition coefficient (Wildman–Crippen LogP) is 4.43. The van der Waals surface area contributed by atoms with Gasteiger partial charge in [0.2, 0.25) is 0 Å². The fraction of sp³-hybridized carbons (Fsp3) is 0.143. The molecule has 0 spiro atoms. The zero-order valence-electron chi connectivity index (χ0n) is 15.3. The van der Waals surface area contributed by atoms with Crippen molar-refractivity contribution in [2.45, 2.75) is 20.8 Å². The van der Waals surface area contributed by atoms with E-state index < -0.39 is 0 Å². The summed E-state index contributed by atoms with van der Waals surface area (Å²) in [4.78, 5) is 26.6. The number of carbonyl (C=O) groups is 2. The second-order valence-electron chi connectivity index (χ2n) is 5.62. The number of ketones is 1. The summed E-state index contributed by atoms with van der Waals surface area (Å²) < 4.78 is 5.50. The van der Waals surface area contributed by atoms with Crippen LogP contribution >= 0.6 is 0 Å². The number of anilines is 1. The molecule has 0 bridgehead atoms. The van der Waals surface area contributed by atoms with Crippen molar-refractivity contribution in [1.82, 2.24) is 4.98 Å². The molecule has 1 amide bonds. The number of rotatable bonds is 3. The number of pyridine rings is 1. The average Bonchev–Trinajstić information content (AvgIpc) is 3.05. The number of furan rings is 1. The molecule has 0 saturated carbocycles. The van der Waals surface area contributed by atoms with Crippen LogP contribution in [-0.4, -0.2) is 16.7 Å². The van der Waals surface area contributed by atoms with Crippen LogP contribution in [0.5, 0.6) is 0 Å². The lowest BCUT2D eigenvalue weighted by Gasteiger charge is -2.04. The highest BCUT2D eigenvalue weighted by atomic mass is 16.3. The van der Waals surface area contributed by atoms with Crippen molar-refractivity contribution in [3.05, 3.63) is 71.6 Å². The van der Waals surface area contributed by atoms with Crippen molar-refractivity contribution in [2.24, 2.45) is 0 Å². The van der Waals surface area contributed by atoms with Gasteiger partial charge in [-0.25, -0.2) is 4.98 Å². The summed E-state index contributed by atoms with van der Waals surface area (Å²) in [5, 5.41) is 11.8. The Bertz CT molecular complexity index is 1030. The standard InChI is InChI=1S/C15H12N2O2.C6H7NO/c1-10-9-12-13(19-10)7-8-16-14(12)17-15(18)11-5-3-2-4-6-11;1-3-6(4-7)5(2)8/h2-9H,1H3,(H,16,17,18);3H,1-2H3/b;6-3+. The number of hydrogen-bond donors (Lipinski definition) is 1. The number of aryl methyl sites for hydroxylation is 1. The van der Waals surface area contributed by atoms with E-state index in [0.29, 0.717) is 11.4 Å². The van der Waals surface area contributed by atoms with Gasteiger partial charge in [0.1, 0.15) is 23.2 Å². The van der Waals surface area contributed by atoms with E-state index in [1.165, 1.54) is 13.0 Å². The molecular formula is C21H19N3O3. The Balaban J connectivity index is 0.000000279. The Kier molecular flexibility index (Phi) is 6.61. The minimum Gasteiger partial charge on any atom is -0.461 e. The van der Waals surface area contributed by atoms with Gasteiger partial charge in [-0.1, -0.05) is 24.3 Å². The molecule has 0 aliphatic carbocycles. The third-order valence-corrected chi connectivity index (χ3v) is 3.63. The van der Waals surface area contributed by atoms with E-state index in [0.717, 1.165) is 16.7 Å². The molecule has 0 aliphatic rings. The topological polar surface area (TPSA) is 96.0 Å². The number of allylic oxidation sites excluding steroid dienone is 2. The van der Waals surface area contributed by atoms with Crippen LogP contribution in [0, 0.1) is 18.3 Å². The first kappa shape index (κ1) is 19.6. The first-order chi connectivity index (χ1) is 13.0. The number of fused-ring (bicyclic) bond motifs is 1. The minimum absolute atomic E-state index is 0.171. The SMILES string of the molecule is C/C=C(\C#N)C(C)=O.Cc1cc2c(NC(=O)c3ccccc3)nccc2o1. The first-order valence-corrected chi connectivity index (χ1v) is 8.25. The summed E-state index contributed by atoms with van der Waals surface area (Å²) in [6, 6.07) is 14.4. The van der Waals surface area contributed by atoms with Gasteiger partial charge in [0.25, 0.3) is 5.91 Å². The quantitative estimate of drug-likeness (QED) is 0.550. The molecule has 2 aromatic heterocycles. The smallest absolute Gasteiger partial charge is 0.256 e. The van der Waals surface area contributed by atoms with Crippen molar-refractivity contribution >= 4 is 28.5 Å². The van der Waals surface area contributed by atoms with E-state index in [1.54, 1.807) is 37.4 Å². The van der Waals surface area contributed by atoms with E-state index >= 15 is 0 Å². The summed E-state index contributed by atoms with van der Waals surface area (Å²) in [5.41, 5.74) is 1.54. The highest BCUT2D eigenvalue weighted by molar-refractivity contribution is 6.07. The summed E-state index contributed by atoms with van der Waals surface area (Å²) in [5.74, 6) is 0.955. The van der Waals surface area contributed by atoms with E-state index in [2.05, 4.69) is 10.3 Å². The number of nitriles is 1.